The van der Waals surface area contributed by atoms with Gasteiger partial charge in [0.05, 0.1) is 6.04 Å². The molecule has 22 heavy (non-hydrogen) atoms. The highest BCUT2D eigenvalue weighted by molar-refractivity contribution is 5.69. The number of benzene rings is 1. The first-order valence-electron chi connectivity index (χ1n) is 8.16. The zero-order chi connectivity index (χ0) is 16.0. The summed E-state index contributed by atoms with van der Waals surface area (Å²) < 4.78 is 5.48. The summed E-state index contributed by atoms with van der Waals surface area (Å²) in [6.45, 7) is 6.52. The van der Waals surface area contributed by atoms with Gasteiger partial charge >= 0.3 is 6.09 Å². The Balaban J connectivity index is 1.83. The van der Waals surface area contributed by atoms with Gasteiger partial charge < -0.3 is 9.64 Å². The molecule has 1 aliphatic heterocycles. The molecule has 0 aromatic heterocycles. The molecule has 1 aliphatic rings. The number of aryl methyl sites for hydroxylation is 1. The van der Waals surface area contributed by atoms with Gasteiger partial charge in [-0.05, 0) is 52.0 Å². The molecule has 0 N–H and O–H groups in total. The van der Waals surface area contributed by atoms with E-state index in [1.165, 1.54) is 5.56 Å². The van der Waals surface area contributed by atoms with Crippen LogP contribution in [0.2, 0.25) is 0 Å². The van der Waals surface area contributed by atoms with Crippen molar-refractivity contribution >= 4 is 6.09 Å². The Hall–Kier alpha value is -1.77. The average molecular weight is 301 g/mol. The lowest BCUT2D eigenvalue weighted by Gasteiger charge is -2.27. The maximum absolute atomic E-state index is 12.2. The SMILES string of the molecule is CC(C)(C)OC(=O)N1CCCC1/C=C\CCc1ccccc1. The van der Waals surface area contributed by atoms with Crippen LogP contribution in [0.15, 0.2) is 42.5 Å². The Kier molecular flexibility index (Phi) is 5.64. The molecule has 0 bridgehead atoms. The summed E-state index contributed by atoms with van der Waals surface area (Å²) in [5.41, 5.74) is 0.920. The second kappa shape index (κ2) is 7.48. The van der Waals surface area contributed by atoms with Gasteiger partial charge in [0.2, 0.25) is 0 Å². The Bertz CT molecular complexity index is 502. The Morgan fingerprint density at radius 1 is 1.32 bits per heavy atom. The fraction of sp³-hybridized carbons (Fsp3) is 0.526. The summed E-state index contributed by atoms with van der Waals surface area (Å²) in [5.74, 6) is 0. The Morgan fingerprint density at radius 3 is 2.73 bits per heavy atom. The molecule has 3 heteroatoms. The van der Waals surface area contributed by atoms with Gasteiger partial charge in [-0.1, -0.05) is 42.5 Å². The van der Waals surface area contributed by atoms with Crippen molar-refractivity contribution in [3.8, 4) is 0 Å². The van der Waals surface area contributed by atoms with E-state index >= 15 is 0 Å². The minimum atomic E-state index is -0.429. The molecule has 1 unspecified atom stereocenters. The molecular weight excluding hydrogens is 274 g/mol. The van der Waals surface area contributed by atoms with E-state index in [1.54, 1.807) is 0 Å². The normalized spacial score (nSPS) is 18.9. The van der Waals surface area contributed by atoms with Crippen LogP contribution in [0.4, 0.5) is 4.79 Å². The van der Waals surface area contributed by atoms with Crippen molar-refractivity contribution in [1.29, 1.82) is 0 Å². The lowest BCUT2D eigenvalue weighted by molar-refractivity contribution is 0.0256. The summed E-state index contributed by atoms with van der Waals surface area (Å²) in [6, 6.07) is 10.7. The molecule has 1 atom stereocenters. The molecule has 1 fully saturated rings. The standard InChI is InChI=1S/C19H27NO2/c1-19(2,3)22-18(21)20-15-9-14-17(20)13-8-7-12-16-10-5-4-6-11-16/h4-6,8,10-11,13,17H,7,9,12,14-15H2,1-3H3/b13-8-. The van der Waals surface area contributed by atoms with Crippen LogP contribution < -0.4 is 0 Å². The third kappa shape index (κ3) is 5.21. The molecule has 1 heterocycles. The molecule has 1 aromatic carbocycles. The number of carbonyl (C=O) groups excluding carboxylic acids is 1. The fourth-order valence-corrected chi connectivity index (χ4v) is 2.69. The van der Waals surface area contributed by atoms with Crippen LogP contribution in [0, 0.1) is 0 Å². The molecule has 0 aliphatic carbocycles. The predicted molar refractivity (Wildman–Crippen MR) is 89.9 cm³/mol. The zero-order valence-corrected chi connectivity index (χ0v) is 13.9. The second-order valence-corrected chi connectivity index (χ2v) is 6.84. The van der Waals surface area contributed by atoms with Gasteiger partial charge in [0.15, 0.2) is 0 Å². The third-order valence-electron chi connectivity index (χ3n) is 3.73. The van der Waals surface area contributed by atoms with Crippen molar-refractivity contribution < 1.29 is 9.53 Å². The monoisotopic (exact) mass is 301 g/mol. The highest BCUT2D eigenvalue weighted by atomic mass is 16.6. The molecule has 120 valence electrons. The Morgan fingerprint density at radius 2 is 2.05 bits per heavy atom. The van der Waals surface area contributed by atoms with Crippen molar-refractivity contribution in [3.05, 3.63) is 48.0 Å². The number of rotatable bonds is 4. The summed E-state index contributed by atoms with van der Waals surface area (Å²) in [7, 11) is 0. The summed E-state index contributed by atoms with van der Waals surface area (Å²) >= 11 is 0. The molecular formula is C19H27NO2. The smallest absolute Gasteiger partial charge is 0.410 e. The Labute approximate surface area is 134 Å². The van der Waals surface area contributed by atoms with Crippen LogP contribution >= 0.6 is 0 Å². The summed E-state index contributed by atoms with van der Waals surface area (Å²) in [4.78, 5) is 14.0. The van der Waals surface area contributed by atoms with E-state index in [0.717, 1.165) is 32.2 Å². The molecule has 0 spiro atoms. The van der Waals surface area contributed by atoms with Crippen LogP contribution in [0.25, 0.3) is 0 Å². The van der Waals surface area contributed by atoms with E-state index in [2.05, 4.69) is 36.4 Å². The molecule has 1 amide bonds. The van der Waals surface area contributed by atoms with Gasteiger partial charge in [-0.15, -0.1) is 0 Å². The van der Waals surface area contributed by atoms with Crippen LogP contribution in [0.5, 0.6) is 0 Å². The number of nitrogens with zero attached hydrogens (tertiary/aromatic N) is 1. The highest BCUT2D eigenvalue weighted by Gasteiger charge is 2.30. The average Bonchev–Trinajstić information content (AvgIpc) is 2.91. The van der Waals surface area contributed by atoms with E-state index in [4.69, 9.17) is 4.74 Å². The third-order valence-corrected chi connectivity index (χ3v) is 3.73. The lowest BCUT2D eigenvalue weighted by atomic mass is 10.1. The van der Waals surface area contributed by atoms with Crippen LogP contribution in [0.3, 0.4) is 0 Å². The predicted octanol–water partition coefficient (Wildman–Crippen LogP) is 4.57. The quantitative estimate of drug-likeness (QED) is 0.762. The van der Waals surface area contributed by atoms with Gasteiger partial charge in [0.25, 0.3) is 0 Å². The molecule has 1 aromatic rings. The minimum absolute atomic E-state index is 0.186. The van der Waals surface area contributed by atoms with Gasteiger partial charge in [0.1, 0.15) is 5.60 Å². The molecule has 0 saturated carbocycles. The fourth-order valence-electron chi connectivity index (χ4n) is 2.69. The van der Waals surface area contributed by atoms with Gasteiger partial charge in [0, 0.05) is 6.54 Å². The topological polar surface area (TPSA) is 29.5 Å². The molecule has 3 nitrogen and oxygen atoms in total. The maximum Gasteiger partial charge on any atom is 0.410 e. The van der Waals surface area contributed by atoms with E-state index in [-0.39, 0.29) is 12.1 Å². The van der Waals surface area contributed by atoms with Gasteiger partial charge in [-0.2, -0.15) is 0 Å². The van der Waals surface area contributed by atoms with E-state index in [0.29, 0.717) is 0 Å². The van der Waals surface area contributed by atoms with Crippen LogP contribution in [-0.4, -0.2) is 29.2 Å². The van der Waals surface area contributed by atoms with Crippen molar-refractivity contribution in [2.75, 3.05) is 6.54 Å². The zero-order valence-electron chi connectivity index (χ0n) is 13.9. The van der Waals surface area contributed by atoms with Crippen molar-refractivity contribution in [2.45, 2.75) is 58.1 Å². The van der Waals surface area contributed by atoms with Gasteiger partial charge in [-0.25, -0.2) is 4.79 Å². The van der Waals surface area contributed by atoms with Crippen LogP contribution in [-0.2, 0) is 11.2 Å². The number of hydrogen-bond donors (Lipinski definition) is 0. The summed E-state index contributed by atoms with van der Waals surface area (Å²) in [5, 5.41) is 0. The molecule has 2 rings (SSSR count). The molecule has 1 saturated heterocycles. The highest BCUT2D eigenvalue weighted by Crippen LogP contribution is 2.21. The van der Waals surface area contributed by atoms with Crippen LogP contribution in [0.1, 0.15) is 45.6 Å². The van der Waals surface area contributed by atoms with Gasteiger partial charge in [-0.3, -0.25) is 0 Å². The number of ether oxygens (including phenoxy) is 1. The molecule has 0 radical (unpaired) electrons. The van der Waals surface area contributed by atoms with E-state index < -0.39 is 5.60 Å². The number of amides is 1. The first-order chi connectivity index (χ1) is 10.5. The second-order valence-electron chi connectivity index (χ2n) is 6.84. The van der Waals surface area contributed by atoms with Crippen molar-refractivity contribution in [1.82, 2.24) is 4.90 Å². The van der Waals surface area contributed by atoms with Crippen molar-refractivity contribution in [2.24, 2.45) is 0 Å². The number of allylic oxidation sites excluding steroid dienone is 1. The number of hydrogen-bond acceptors (Lipinski definition) is 2. The number of carbonyl (C=O) groups is 1. The van der Waals surface area contributed by atoms with Crippen molar-refractivity contribution in [3.63, 3.8) is 0 Å². The largest absolute Gasteiger partial charge is 0.444 e. The summed E-state index contributed by atoms with van der Waals surface area (Å²) in [6.07, 6.45) is 8.29. The first-order valence-corrected chi connectivity index (χ1v) is 8.16. The first kappa shape index (κ1) is 16.6. The maximum atomic E-state index is 12.2. The van der Waals surface area contributed by atoms with E-state index in [9.17, 15) is 4.79 Å². The van der Waals surface area contributed by atoms with E-state index in [1.807, 2.05) is 31.7 Å². The minimum Gasteiger partial charge on any atom is -0.444 e. The number of likely N-dealkylation sites (tertiary alicyclic amines) is 1. The lowest BCUT2D eigenvalue weighted by Crippen LogP contribution is -2.39.